The van der Waals surface area contributed by atoms with Crippen molar-refractivity contribution >= 4 is 17.6 Å². The largest absolute Gasteiger partial charge is 0.478 e. The van der Waals surface area contributed by atoms with Gasteiger partial charge in [-0.15, -0.1) is 0 Å². The molecule has 0 aliphatic rings. The van der Waals surface area contributed by atoms with Crippen molar-refractivity contribution in [2.24, 2.45) is 0 Å². The molecule has 0 saturated heterocycles. The van der Waals surface area contributed by atoms with Gasteiger partial charge in [0.1, 0.15) is 5.75 Å². The van der Waals surface area contributed by atoms with Gasteiger partial charge in [0.25, 0.3) is 0 Å². The lowest BCUT2D eigenvalue weighted by Crippen LogP contribution is -2.29. The van der Waals surface area contributed by atoms with E-state index in [1.807, 2.05) is 45.0 Å². The van der Waals surface area contributed by atoms with E-state index in [0.717, 1.165) is 22.3 Å². The molecule has 2 rings (SSSR count). The standard InChI is InChI=1S/C18H19ClO3/c1-11-4-7-16(9-12(11)2)22-17(18(20)21)10-14-5-6-15(19)8-13(14)3/h4-9,17H,10H2,1-3H3,(H,20,21). The first-order chi connectivity index (χ1) is 10.4. The number of hydrogen-bond donors (Lipinski definition) is 1. The van der Waals surface area contributed by atoms with Crippen molar-refractivity contribution in [3.8, 4) is 5.75 Å². The Labute approximate surface area is 135 Å². The number of carboxylic acid groups (broad SMARTS) is 1. The van der Waals surface area contributed by atoms with Gasteiger partial charge < -0.3 is 9.84 Å². The minimum atomic E-state index is -0.979. The summed E-state index contributed by atoms with van der Waals surface area (Å²) in [6.07, 6.45) is -0.632. The highest BCUT2D eigenvalue weighted by molar-refractivity contribution is 6.30. The van der Waals surface area contributed by atoms with Crippen LogP contribution in [0.15, 0.2) is 36.4 Å². The van der Waals surface area contributed by atoms with Crippen molar-refractivity contribution in [3.05, 3.63) is 63.7 Å². The van der Waals surface area contributed by atoms with Crippen LogP contribution in [0.2, 0.25) is 5.02 Å². The predicted octanol–water partition coefficient (Wildman–Crippen LogP) is 4.34. The third-order valence-corrected chi connectivity index (χ3v) is 3.98. The van der Waals surface area contributed by atoms with Gasteiger partial charge in [0.05, 0.1) is 0 Å². The van der Waals surface area contributed by atoms with Crippen molar-refractivity contribution in [1.29, 1.82) is 0 Å². The SMILES string of the molecule is Cc1ccc(OC(Cc2ccc(Cl)cc2C)C(=O)O)cc1C. The third kappa shape index (κ3) is 4.01. The highest BCUT2D eigenvalue weighted by Crippen LogP contribution is 2.21. The highest BCUT2D eigenvalue weighted by atomic mass is 35.5. The number of hydrogen-bond acceptors (Lipinski definition) is 2. The Bertz CT molecular complexity index is 695. The Hall–Kier alpha value is -2.00. The van der Waals surface area contributed by atoms with Crippen LogP contribution in [0.5, 0.6) is 5.75 Å². The van der Waals surface area contributed by atoms with Crippen LogP contribution in [0.4, 0.5) is 0 Å². The Morgan fingerprint density at radius 3 is 2.41 bits per heavy atom. The van der Waals surface area contributed by atoms with Crippen LogP contribution in [0.1, 0.15) is 22.3 Å². The maximum Gasteiger partial charge on any atom is 0.345 e. The summed E-state index contributed by atoms with van der Waals surface area (Å²) in [5.74, 6) is -0.408. The molecule has 1 N–H and O–H groups in total. The second-order valence-corrected chi connectivity index (χ2v) is 5.90. The lowest BCUT2D eigenvalue weighted by Gasteiger charge is -2.17. The van der Waals surface area contributed by atoms with E-state index in [1.165, 1.54) is 0 Å². The van der Waals surface area contributed by atoms with E-state index >= 15 is 0 Å². The molecular formula is C18H19ClO3. The Balaban J connectivity index is 2.19. The first-order valence-electron chi connectivity index (χ1n) is 7.08. The lowest BCUT2D eigenvalue weighted by molar-refractivity contribution is -0.145. The zero-order valence-corrected chi connectivity index (χ0v) is 13.6. The summed E-state index contributed by atoms with van der Waals surface area (Å²) in [4.78, 5) is 11.5. The minimum Gasteiger partial charge on any atom is -0.478 e. The van der Waals surface area contributed by atoms with Crippen molar-refractivity contribution in [2.75, 3.05) is 0 Å². The molecule has 0 fully saturated rings. The number of rotatable bonds is 5. The number of ether oxygens (including phenoxy) is 1. The number of carbonyl (C=O) groups is 1. The first kappa shape index (κ1) is 16.4. The van der Waals surface area contributed by atoms with E-state index < -0.39 is 12.1 Å². The summed E-state index contributed by atoms with van der Waals surface area (Å²) in [5, 5.41) is 10.1. The molecule has 3 nitrogen and oxygen atoms in total. The van der Waals surface area contributed by atoms with Crippen LogP contribution in [0.3, 0.4) is 0 Å². The molecule has 0 aliphatic heterocycles. The molecule has 116 valence electrons. The average molecular weight is 319 g/mol. The maximum atomic E-state index is 11.5. The van der Waals surface area contributed by atoms with Crippen LogP contribution < -0.4 is 4.74 Å². The Morgan fingerprint density at radius 1 is 1.09 bits per heavy atom. The van der Waals surface area contributed by atoms with Gasteiger partial charge in [-0.2, -0.15) is 0 Å². The second-order valence-electron chi connectivity index (χ2n) is 5.47. The van der Waals surface area contributed by atoms with Crippen LogP contribution in [0.25, 0.3) is 0 Å². The topological polar surface area (TPSA) is 46.5 Å². The van der Waals surface area contributed by atoms with Crippen LogP contribution in [0, 0.1) is 20.8 Å². The van der Waals surface area contributed by atoms with Crippen molar-refractivity contribution in [3.63, 3.8) is 0 Å². The molecular weight excluding hydrogens is 300 g/mol. The first-order valence-corrected chi connectivity index (χ1v) is 7.46. The molecule has 0 amide bonds. The highest BCUT2D eigenvalue weighted by Gasteiger charge is 2.21. The van der Waals surface area contributed by atoms with E-state index in [1.54, 1.807) is 12.1 Å². The molecule has 0 heterocycles. The van der Waals surface area contributed by atoms with Gasteiger partial charge in [-0.3, -0.25) is 0 Å². The quantitative estimate of drug-likeness (QED) is 0.892. The zero-order valence-electron chi connectivity index (χ0n) is 12.9. The van der Waals surface area contributed by atoms with E-state index in [0.29, 0.717) is 17.2 Å². The average Bonchev–Trinajstić information content (AvgIpc) is 2.44. The Morgan fingerprint density at radius 2 is 1.82 bits per heavy atom. The van der Waals surface area contributed by atoms with Crippen LogP contribution >= 0.6 is 11.6 Å². The fraction of sp³-hybridized carbons (Fsp3) is 0.278. The lowest BCUT2D eigenvalue weighted by atomic mass is 10.0. The van der Waals surface area contributed by atoms with Gasteiger partial charge in [0.15, 0.2) is 6.10 Å². The van der Waals surface area contributed by atoms with E-state index in [-0.39, 0.29) is 0 Å². The summed E-state index contributed by atoms with van der Waals surface area (Å²) < 4.78 is 5.67. The summed E-state index contributed by atoms with van der Waals surface area (Å²) in [7, 11) is 0. The van der Waals surface area contributed by atoms with E-state index in [9.17, 15) is 9.90 Å². The van der Waals surface area contributed by atoms with Gasteiger partial charge in [-0.05, 0) is 67.3 Å². The van der Waals surface area contributed by atoms with E-state index in [2.05, 4.69) is 0 Å². The third-order valence-electron chi connectivity index (χ3n) is 3.74. The van der Waals surface area contributed by atoms with Crippen LogP contribution in [-0.4, -0.2) is 17.2 Å². The molecule has 0 spiro atoms. The van der Waals surface area contributed by atoms with Crippen LogP contribution in [-0.2, 0) is 11.2 Å². The Kier molecular flexibility index (Phi) is 5.09. The van der Waals surface area contributed by atoms with Gasteiger partial charge in [-0.1, -0.05) is 23.7 Å². The monoisotopic (exact) mass is 318 g/mol. The summed E-state index contributed by atoms with van der Waals surface area (Å²) in [6.45, 7) is 5.89. The number of halogens is 1. The van der Waals surface area contributed by atoms with Crippen molar-refractivity contribution < 1.29 is 14.6 Å². The molecule has 0 aromatic heterocycles. The van der Waals surface area contributed by atoms with Gasteiger partial charge in [-0.25, -0.2) is 4.79 Å². The summed E-state index contributed by atoms with van der Waals surface area (Å²) in [5.41, 5.74) is 4.10. The maximum absolute atomic E-state index is 11.5. The van der Waals surface area contributed by atoms with Gasteiger partial charge in [0, 0.05) is 11.4 Å². The molecule has 0 radical (unpaired) electrons. The van der Waals surface area contributed by atoms with Crippen molar-refractivity contribution in [2.45, 2.75) is 33.3 Å². The molecule has 0 saturated carbocycles. The minimum absolute atomic E-state index is 0.297. The molecule has 4 heteroatoms. The number of carboxylic acids is 1. The van der Waals surface area contributed by atoms with Crippen molar-refractivity contribution in [1.82, 2.24) is 0 Å². The zero-order chi connectivity index (χ0) is 16.3. The second kappa shape index (κ2) is 6.84. The normalized spacial score (nSPS) is 12.0. The molecule has 1 atom stereocenters. The summed E-state index contributed by atoms with van der Waals surface area (Å²) in [6, 6.07) is 11.0. The number of benzene rings is 2. The van der Waals surface area contributed by atoms with Gasteiger partial charge >= 0.3 is 5.97 Å². The molecule has 1 unspecified atom stereocenters. The summed E-state index contributed by atoms with van der Waals surface area (Å²) >= 11 is 5.93. The number of aryl methyl sites for hydroxylation is 3. The fourth-order valence-corrected chi connectivity index (χ4v) is 2.45. The number of aliphatic carboxylic acids is 1. The molecule has 2 aromatic rings. The predicted molar refractivity (Wildman–Crippen MR) is 87.9 cm³/mol. The molecule has 0 bridgehead atoms. The molecule has 0 aliphatic carbocycles. The van der Waals surface area contributed by atoms with Gasteiger partial charge in [0.2, 0.25) is 0 Å². The molecule has 2 aromatic carbocycles. The smallest absolute Gasteiger partial charge is 0.345 e. The fourth-order valence-electron chi connectivity index (χ4n) is 2.22. The van der Waals surface area contributed by atoms with E-state index in [4.69, 9.17) is 16.3 Å². The molecule has 22 heavy (non-hydrogen) atoms.